The molecule has 2 N–H and O–H groups in total. The first-order chi connectivity index (χ1) is 10.2. The number of hydrogen-bond donors (Lipinski definition) is 2. The largest absolute Gasteiger partial charge is 0.484 e. The minimum atomic E-state index is -0.200. The molecular weight excluding hydrogens is 264 g/mol. The van der Waals surface area contributed by atoms with Gasteiger partial charge in [0, 0.05) is 6.04 Å². The van der Waals surface area contributed by atoms with E-state index in [2.05, 4.69) is 35.6 Å². The topological polar surface area (TPSA) is 50.4 Å². The Hall–Kier alpha value is -1.99. The standard InChI is InChI=1S/C17H22N2O2/c1-3-10-19-17(20)12-21-14-9-8-13-6-5-7-16(18-4-2)15(13)11-14/h1,8-9,11,16,18H,4-7,10,12H2,2H3,(H,19,20). The molecular formula is C17H22N2O2. The Morgan fingerprint density at radius 2 is 2.38 bits per heavy atom. The van der Waals surface area contributed by atoms with Crippen LogP contribution < -0.4 is 15.4 Å². The van der Waals surface area contributed by atoms with Gasteiger partial charge in [-0.2, -0.15) is 0 Å². The van der Waals surface area contributed by atoms with Crippen molar-refractivity contribution in [2.24, 2.45) is 0 Å². The summed E-state index contributed by atoms with van der Waals surface area (Å²) in [6.45, 7) is 3.29. The maximum absolute atomic E-state index is 11.5. The molecule has 0 radical (unpaired) electrons. The number of hydrogen-bond acceptors (Lipinski definition) is 3. The van der Waals surface area contributed by atoms with Crippen LogP contribution in [0, 0.1) is 12.3 Å². The Kier molecular flexibility index (Phi) is 5.65. The summed E-state index contributed by atoms with van der Waals surface area (Å²) < 4.78 is 5.55. The van der Waals surface area contributed by atoms with E-state index < -0.39 is 0 Å². The van der Waals surface area contributed by atoms with Crippen molar-refractivity contribution >= 4 is 5.91 Å². The van der Waals surface area contributed by atoms with E-state index in [0.29, 0.717) is 6.04 Å². The number of terminal acetylenes is 1. The highest BCUT2D eigenvalue weighted by molar-refractivity contribution is 5.77. The molecule has 1 unspecified atom stereocenters. The Morgan fingerprint density at radius 3 is 3.14 bits per heavy atom. The van der Waals surface area contributed by atoms with Crippen LogP contribution in [0.3, 0.4) is 0 Å². The Bertz CT molecular complexity index is 534. The second-order valence-electron chi connectivity index (χ2n) is 5.13. The zero-order valence-corrected chi connectivity index (χ0v) is 12.4. The van der Waals surface area contributed by atoms with E-state index in [1.807, 2.05) is 6.07 Å². The van der Waals surface area contributed by atoms with Gasteiger partial charge >= 0.3 is 0 Å². The molecule has 1 amide bonds. The summed E-state index contributed by atoms with van der Waals surface area (Å²) in [7, 11) is 0. The van der Waals surface area contributed by atoms with E-state index in [9.17, 15) is 4.79 Å². The fraction of sp³-hybridized carbons (Fsp3) is 0.471. The van der Waals surface area contributed by atoms with Crippen LogP contribution in [0.15, 0.2) is 18.2 Å². The van der Waals surface area contributed by atoms with Crippen molar-refractivity contribution < 1.29 is 9.53 Å². The summed E-state index contributed by atoms with van der Waals surface area (Å²) in [5.41, 5.74) is 2.67. The number of carbonyl (C=O) groups is 1. The van der Waals surface area contributed by atoms with Crippen LogP contribution in [-0.2, 0) is 11.2 Å². The lowest BCUT2D eigenvalue weighted by Crippen LogP contribution is -2.29. The number of rotatable bonds is 6. The molecule has 0 saturated heterocycles. The van der Waals surface area contributed by atoms with Crippen molar-refractivity contribution in [3.05, 3.63) is 29.3 Å². The van der Waals surface area contributed by atoms with Crippen molar-refractivity contribution in [2.75, 3.05) is 19.7 Å². The van der Waals surface area contributed by atoms with Crippen LogP contribution in [0.2, 0.25) is 0 Å². The van der Waals surface area contributed by atoms with E-state index in [-0.39, 0.29) is 19.1 Å². The van der Waals surface area contributed by atoms with Crippen LogP contribution in [0.5, 0.6) is 5.75 Å². The van der Waals surface area contributed by atoms with Gasteiger partial charge < -0.3 is 15.4 Å². The summed E-state index contributed by atoms with van der Waals surface area (Å²) in [6.07, 6.45) is 8.56. The molecule has 0 aromatic heterocycles. The molecule has 0 bridgehead atoms. The van der Waals surface area contributed by atoms with Gasteiger partial charge in [-0.25, -0.2) is 0 Å². The molecule has 1 aromatic rings. The van der Waals surface area contributed by atoms with Crippen molar-refractivity contribution in [1.29, 1.82) is 0 Å². The predicted molar refractivity (Wildman–Crippen MR) is 83.1 cm³/mol. The van der Waals surface area contributed by atoms with E-state index >= 15 is 0 Å². The Balaban J connectivity index is 2.00. The molecule has 0 spiro atoms. The third-order valence-corrected chi connectivity index (χ3v) is 3.64. The van der Waals surface area contributed by atoms with E-state index in [1.54, 1.807) is 0 Å². The number of fused-ring (bicyclic) bond motifs is 1. The van der Waals surface area contributed by atoms with Crippen molar-refractivity contribution in [3.63, 3.8) is 0 Å². The van der Waals surface area contributed by atoms with Gasteiger partial charge in [-0.1, -0.05) is 18.9 Å². The van der Waals surface area contributed by atoms with Crippen LogP contribution in [0.1, 0.15) is 36.9 Å². The number of benzene rings is 1. The van der Waals surface area contributed by atoms with Crippen molar-refractivity contribution in [1.82, 2.24) is 10.6 Å². The highest BCUT2D eigenvalue weighted by Crippen LogP contribution is 2.32. The van der Waals surface area contributed by atoms with E-state index in [4.69, 9.17) is 11.2 Å². The molecule has 1 aliphatic carbocycles. The lowest BCUT2D eigenvalue weighted by Gasteiger charge is -2.26. The molecule has 112 valence electrons. The average Bonchev–Trinajstić information content (AvgIpc) is 2.51. The molecule has 4 nitrogen and oxygen atoms in total. The van der Waals surface area contributed by atoms with E-state index in [1.165, 1.54) is 17.5 Å². The van der Waals surface area contributed by atoms with Gasteiger partial charge in [-0.3, -0.25) is 4.79 Å². The summed E-state index contributed by atoms with van der Waals surface area (Å²) >= 11 is 0. The second kappa shape index (κ2) is 7.70. The lowest BCUT2D eigenvalue weighted by atomic mass is 9.87. The monoisotopic (exact) mass is 286 g/mol. The molecule has 21 heavy (non-hydrogen) atoms. The SMILES string of the molecule is C#CCNC(=O)COc1ccc2c(c1)C(NCC)CCC2. The van der Waals surface area contributed by atoms with Crippen LogP contribution in [0.25, 0.3) is 0 Å². The minimum Gasteiger partial charge on any atom is -0.484 e. The summed E-state index contributed by atoms with van der Waals surface area (Å²) in [5.74, 6) is 2.89. The second-order valence-corrected chi connectivity index (χ2v) is 5.13. The maximum atomic E-state index is 11.5. The van der Waals surface area contributed by atoms with Crippen LogP contribution in [-0.4, -0.2) is 25.6 Å². The smallest absolute Gasteiger partial charge is 0.258 e. The molecule has 2 rings (SSSR count). The number of amides is 1. The van der Waals surface area contributed by atoms with Gasteiger partial charge in [0.25, 0.3) is 5.91 Å². The quantitative estimate of drug-likeness (QED) is 0.784. The highest BCUT2D eigenvalue weighted by Gasteiger charge is 2.19. The Labute approximate surface area is 126 Å². The fourth-order valence-electron chi connectivity index (χ4n) is 2.67. The molecule has 0 fully saturated rings. The first-order valence-electron chi connectivity index (χ1n) is 7.43. The molecule has 0 aliphatic heterocycles. The Morgan fingerprint density at radius 1 is 1.52 bits per heavy atom. The van der Waals surface area contributed by atoms with Gasteiger partial charge in [0.05, 0.1) is 6.54 Å². The number of ether oxygens (including phenoxy) is 1. The zero-order chi connectivity index (χ0) is 15.1. The van der Waals surface area contributed by atoms with Gasteiger partial charge in [0.2, 0.25) is 0 Å². The molecule has 4 heteroatoms. The number of carbonyl (C=O) groups excluding carboxylic acids is 1. The lowest BCUT2D eigenvalue weighted by molar-refractivity contribution is -0.122. The van der Waals surface area contributed by atoms with Crippen LogP contribution >= 0.6 is 0 Å². The zero-order valence-electron chi connectivity index (χ0n) is 12.4. The third-order valence-electron chi connectivity index (χ3n) is 3.64. The fourth-order valence-corrected chi connectivity index (χ4v) is 2.67. The molecule has 0 heterocycles. The first kappa shape index (κ1) is 15.4. The molecule has 0 saturated carbocycles. The van der Waals surface area contributed by atoms with Crippen LogP contribution in [0.4, 0.5) is 0 Å². The van der Waals surface area contributed by atoms with Gasteiger partial charge in [0.15, 0.2) is 6.61 Å². The van der Waals surface area contributed by atoms with Gasteiger partial charge in [0.1, 0.15) is 5.75 Å². The van der Waals surface area contributed by atoms with Gasteiger partial charge in [-0.05, 0) is 49.1 Å². The van der Waals surface area contributed by atoms with Crippen molar-refractivity contribution in [2.45, 2.75) is 32.2 Å². The molecule has 1 aromatic carbocycles. The number of nitrogens with one attached hydrogen (secondary N) is 2. The van der Waals surface area contributed by atoms with Crippen molar-refractivity contribution in [3.8, 4) is 18.1 Å². The van der Waals surface area contributed by atoms with E-state index in [0.717, 1.165) is 25.1 Å². The summed E-state index contributed by atoms with van der Waals surface area (Å²) in [6, 6.07) is 6.48. The first-order valence-corrected chi connectivity index (χ1v) is 7.43. The average molecular weight is 286 g/mol. The highest BCUT2D eigenvalue weighted by atomic mass is 16.5. The molecule has 1 aliphatic rings. The number of aryl methyl sites for hydroxylation is 1. The minimum absolute atomic E-state index is 0.00760. The summed E-state index contributed by atoms with van der Waals surface area (Å²) in [4.78, 5) is 11.5. The third kappa shape index (κ3) is 4.24. The summed E-state index contributed by atoms with van der Waals surface area (Å²) in [5, 5.41) is 6.09. The van der Waals surface area contributed by atoms with Gasteiger partial charge in [-0.15, -0.1) is 6.42 Å². The normalized spacial score (nSPS) is 16.7. The predicted octanol–water partition coefficient (Wildman–Crippen LogP) is 1.80. The molecule has 1 atom stereocenters. The maximum Gasteiger partial charge on any atom is 0.258 e.